The Morgan fingerprint density at radius 3 is 2.48 bits per heavy atom. The van der Waals surface area contributed by atoms with Crippen LogP contribution in [-0.2, 0) is 11.3 Å². The van der Waals surface area contributed by atoms with Crippen LogP contribution in [0.4, 0.5) is 0 Å². The summed E-state index contributed by atoms with van der Waals surface area (Å²) in [7, 11) is 1.61. The van der Waals surface area contributed by atoms with Crippen molar-refractivity contribution in [1.29, 1.82) is 0 Å². The number of ether oxygens (including phenoxy) is 2. The third-order valence-corrected chi connectivity index (χ3v) is 4.19. The Bertz CT molecular complexity index is 895. The number of methoxy groups -OCH3 is 1. The maximum Gasteiger partial charge on any atom is 0.258 e. The lowest BCUT2D eigenvalue weighted by Gasteiger charge is -2.12. The zero-order chi connectivity index (χ0) is 17.6. The Morgan fingerprint density at radius 1 is 0.960 bits per heavy atom. The fourth-order valence-electron chi connectivity index (χ4n) is 2.60. The molecule has 0 bridgehead atoms. The highest BCUT2D eigenvalue weighted by molar-refractivity contribution is 6.35. The Labute approximate surface area is 151 Å². The number of carbonyl (C=O) groups excluding carboxylic acids is 1. The fourth-order valence-corrected chi connectivity index (χ4v) is 2.83. The maximum atomic E-state index is 12.1. The average molecular weight is 356 g/mol. The van der Waals surface area contributed by atoms with E-state index in [-0.39, 0.29) is 12.5 Å². The van der Waals surface area contributed by atoms with Crippen molar-refractivity contribution in [3.8, 4) is 11.5 Å². The van der Waals surface area contributed by atoms with Gasteiger partial charge in [-0.25, -0.2) is 0 Å². The van der Waals surface area contributed by atoms with Crippen LogP contribution in [-0.4, -0.2) is 19.6 Å². The number of carbonyl (C=O) groups is 1. The molecule has 1 amide bonds. The standard InChI is InChI=1S/C20H18ClNO3/c1-24-18-9-5-2-6-14(18)12-22-20(23)13-25-19-11-10-17(21)15-7-3-4-8-16(15)19/h2-11H,12-13H2,1H3,(H,22,23). The molecule has 3 aromatic rings. The molecule has 0 aliphatic heterocycles. The van der Waals surface area contributed by atoms with E-state index >= 15 is 0 Å². The second-order valence-electron chi connectivity index (χ2n) is 5.47. The number of nitrogens with one attached hydrogen (secondary N) is 1. The molecule has 0 heterocycles. The summed E-state index contributed by atoms with van der Waals surface area (Å²) in [5.41, 5.74) is 0.912. The molecule has 1 N–H and O–H groups in total. The largest absolute Gasteiger partial charge is 0.496 e. The summed E-state index contributed by atoms with van der Waals surface area (Å²) in [6.07, 6.45) is 0. The average Bonchev–Trinajstić information content (AvgIpc) is 2.66. The third-order valence-electron chi connectivity index (χ3n) is 3.86. The molecule has 3 rings (SSSR count). The van der Waals surface area contributed by atoms with Gasteiger partial charge in [-0.3, -0.25) is 4.79 Å². The lowest BCUT2D eigenvalue weighted by Crippen LogP contribution is -2.28. The number of fused-ring (bicyclic) bond motifs is 1. The van der Waals surface area contributed by atoms with Gasteiger partial charge < -0.3 is 14.8 Å². The van der Waals surface area contributed by atoms with Crippen molar-refractivity contribution < 1.29 is 14.3 Å². The van der Waals surface area contributed by atoms with Gasteiger partial charge in [0.15, 0.2) is 6.61 Å². The van der Waals surface area contributed by atoms with Crippen molar-refractivity contribution >= 4 is 28.3 Å². The number of hydrogen-bond donors (Lipinski definition) is 1. The van der Waals surface area contributed by atoms with Crippen LogP contribution in [0.1, 0.15) is 5.56 Å². The number of para-hydroxylation sites is 1. The normalized spacial score (nSPS) is 10.5. The molecular weight excluding hydrogens is 338 g/mol. The Balaban J connectivity index is 1.62. The SMILES string of the molecule is COc1ccccc1CNC(=O)COc1ccc(Cl)c2ccccc12. The first-order valence-electron chi connectivity index (χ1n) is 7.87. The molecule has 5 heteroatoms. The van der Waals surface area contributed by atoms with E-state index in [1.54, 1.807) is 19.2 Å². The molecule has 25 heavy (non-hydrogen) atoms. The fraction of sp³-hybridized carbons (Fsp3) is 0.150. The zero-order valence-electron chi connectivity index (χ0n) is 13.8. The highest BCUT2D eigenvalue weighted by Crippen LogP contribution is 2.31. The van der Waals surface area contributed by atoms with Gasteiger partial charge in [-0.05, 0) is 18.2 Å². The van der Waals surface area contributed by atoms with Gasteiger partial charge in [0, 0.05) is 27.9 Å². The topological polar surface area (TPSA) is 47.6 Å². The molecule has 0 spiro atoms. The summed E-state index contributed by atoms with van der Waals surface area (Å²) >= 11 is 6.19. The smallest absolute Gasteiger partial charge is 0.258 e. The van der Waals surface area contributed by atoms with Crippen LogP contribution in [0, 0.1) is 0 Å². The minimum Gasteiger partial charge on any atom is -0.496 e. The zero-order valence-corrected chi connectivity index (χ0v) is 14.5. The van der Waals surface area contributed by atoms with Crippen LogP contribution in [0.15, 0.2) is 60.7 Å². The highest BCUT2D eigenvalue weighted by Gasteiger charge is 2.09. The van der Waals surface area contributed by atoms with Crippen molar-refractivity contribution in [2.45, 2.75) is 6.54 Å². The summed E-state index contributed by atoms with van der Waals surface area (Å²) in [6, 6.07) is 18.8. The first-order valence-corrected chi connectivity index (χ1v) is 8.25. The highest BCUT2D eigenvalue weighted by atomic mass is 35.5. The molecule has 0 aliphatic carbocycles. The number of benzene rings is 3. The van der Waals surface area contributed by atoms with Gasteiger partial charge in [-0.2, -0.15) is 0 Å². The van der Waals surface area contributed by atoms with Crippen molar-refractivity contribution in [1.82, 2.24) is 5.32 Å². The first-order chi connectivity index (χ1) is 12.2. The van der Waals surface area contributed by atoms with E-state index in [0.717, 1.165) is 22.1 Å². The molecular formula is C20H18ClNO3. The van der Waals surface area contributed by atoms with Crippen molar-refractivity contribution in [3.05, 3.63) is 71.2 Å². The number of halogens is 1. The monoisotopic (exact) mass is 355 g/mol. The van der Waals surface area contributed by atoms with Crippen molar-refractivity contribution in [2.75, 3.05) is 13.7 Å². The predicted molar refractivity (Wildman–Crippen MR) is 99.3 cm³/mol. The summed E-state index contributed by atoms with van der Waals surface area (Å²) in [5.74, 6) is 1.17. The minimum absolute atomic E-state index is 0.0687. The molecule has 0 unspecified atom stereocenters. The summed E-state index contributed by atoms with van der Waals surface area (Å²) < 4.78 is 11.0. The van der Waals surface area contributed by atoms with E-state index in [2.05, 4.69) is 5.32 Å². The lowest BCUT2D eigenvalue weighted by molar-refractivity contribution is -0.123. The van der Waals surface area contributed by atoms with Gasteiger partial charge in [-0.1, -0.05) is 54.1 Å². The minimum atomic E-state index is -0.204. The van der Waals surface area contributed by atoms with E-state index in [9.17, 15) is 4.79 Å². The molecule has 0 aromatic heterocycles. The summed E-state index contributed by atoms with van der Waals surface area (Å²) in [5, 5.41) is 5.27. The summed E-state index contributed by atoms with van der Waals surface area (Å²) in [4.78, 5) is 12.1. The van der Waals surface area contributed by atoms with E-state index in [1.165, 1.54) is 0 Å². The second kappa shape index (κ2) is 7.90. The Morgan fingerprint density at radius 2 is 1.68 bits per heavy atom. The van der Waals surface area contributed by atoms with Gasteiger partial charge in [0.25, 0.3) is 5.91 Å². The van der Waals surface area contributed by atoms with Gasteiger partial charge in [0.1, 0.15) is 11.5 Å². The second-order valence-corrected chi connectivity index (χ2v) is 5.88. The van der Waals surface area contributed by atoms with Crippen LogP contribution >= 0.6 is 11.6 Å². The van der Waals surface area contributed by atoms with Crippen molar-refractivity contribution in [2.24, 2.45) is 0 Å². The van der Waals surface area contributed by atoms with Crippen LogP contribution in [0.2, 0.25) is 5.02 Å². The number of amides is 1. The molecule has 0 saturated carbocycles. The number of hydrogen-bond acceptors (Lipinski definition) is 3. The van der Waals surface area contributed by atoms with Crippen LogP contribution in [0.25, 0.3) is 10.8 Å². The van der Waals surface area contributed by atoms with Crippen LogP contribution in [0.5, 0.6) is 11.5 Å². The van der Waals surface area contributed by atoms with E-state index in [4.69, 9.17) is 21.1 Å². The van der Waals surface area contributed by atoms with Gasteiger partial charge in [-0.15, -0.1) is 0 Å². The number of rotatable bonds is 6. The molecule has 0 fully saturated rings. The van der Waals surface area contributed by atoms with Gasteiger partial charge >= 0.3 is 0 Å². The third kappa shape index (κ3) is 4.03. The predicted octanol–water partition coefficient (Wildman–Crippen LogP) is 4.20. The van der Waals surface area contributed by atoms with Gasteiger partial charge in [0.05, 0.1) is 7.11 Å². The lowest BCUT2D eigenvalue weighted by atomic mass is 10.1. The van der Waals surface area contributed by atoms with Crippen LogP contribution in [0.3, 0.4) is 0 Å². The van der Waals surface area contributed by atoms with E-state index in [0.29, 0.717) is 17.3 Å². The molecule has 0 radical (unpaired) electrons. The summed E-state index contributed by atoms with van der Waals surface area (Å²) in [6.45, 7) is 0.314. The molecule has 0 atom stereocenters. The maximum absolute atomic E-state index is 12.1. The van der Waals surface area contributed by atoms with Crippen molar-refractivity contribution in [3.63, 3.8) is 0 Å². The van der Waals surface area contributed by atoms with E-state index in [1.807, 2.05) is 48.5 Å². The molecule has 4 nitrogen and oxygen atoms in total. The molecule has 3 aromatic carbocycles. The van der Waals surface area contributed by atoms with Crippen LogP contribution < -0.4 is 14.8 Å². The Hall–Kier alpha value is -2.72. The molecule has 0 saturated heterocycles. The van der Waals surface area contributed by atoms with Gasteiger partial charge in [0.2, 0.25) is 0 Å². The van der Waals surface area contributed by atoms with E-state index < -0.39 is 0 Å². The quantitative estimate of drug-likeness (QED) is 0.721. The molecule has 0 aliphatic rings. The molecule has 128 valence electrons. The Kier molecular flexibility index (Phi) is 5.41. The first kappa shape index (κ1) is 17.1.